The number of aromatic nitrogens is 2. The predicted octanol–water partition coefficient (Wildman–Crippen LogP) is 2.60. The topological polar surface area (TPSA) is 159 Å². The Kier molecular flexibility index (Phi) is 24.9. The molecule has 2 N–H and O–H groups in total. The van der Waals surface area contributed by atoms with Crippen LogP contribution in [0.3, 0.4) is 0 Å². The summed E-state index contributed by atoms with van der Waals surface area (Å²) in [5.41, 5.74) is 0.434. The smallest absolute Gasteiger partial charge is 0.327 e. The summed E-state index contributed by atoms with van der Waals surface area (Å²) < 4.78 is 53.1. The normalized spacial score (nSPS) is 9.85. The fourth-order valence-electron chi connectivity index (χ4n) is 1.98. The van der Waals surface area contributed by atoms with Gasteiger partial charge in [-0.1, -0.05) is 41.2 Å². The van der Waals surface area contributed by atoms with Crippen LogP contribution in [0.1, 0.15) is 35.1 Å². The van der Waals surface area contributed by atoms with Crippen molar-refractivity contribution in [3.05, 3.63) is 63.8 Å². The summed E-state index contributed by atoms with van der Waals surface area (Å²) in [6, 6.07) is 7.96. The van der Waals surface area contributed by atoms with Crippen LogP contribution in [-0.2, 0) is 67.1 Å². The standard InChI is InChI=1S/2C10H15N3O3S.CH4.2CH3.2V/c1-8(2)10(14)12-17(15,16)13(3)9-4-6-11-7-5-9;1-8(2)10(14)12-17(15,16)13(3)9-6-4-5-7-11-9;;;;;/h2*4-8H,1-3H3,(H,12,14);1H4;2*1H3;;/q;;;2*-1;;. The van der Waals surface area contributed by atoms with Gasteiger partial charge in [0, 0.05) is 81.6 Å². The first-order chi connectivity index (χ1) is 15.7. The van der Waals surface area contributed by atoms with E-state index < -0.39 is 44.1 Å². The number of hydrogen-bond acceptors (Lipinski definition) is 8. The van der Waals surface area contributed by atoms with Crippen LogP contribution < -0.4 is 18.1 Å². The van der Waals surface area contributed by atoms with Crippen LogP contribution in [0.25, 0.3) is 0 Å². The number of nitrogens with zero attached hydrogens (tertiary/aromatic N) is 4. The van der Waals surface area contributed by atoms with Crippen molar-refractivity contribution in [3.63, 3.8) is 0 Å². The summed E-state index contributed by atoms with van der Waals surface area (Å²) in [6.45, 7) is 6.48. The van der Waals surface area contributed by atoms with E-state index in [1.54, 1.807) is 58.0 Å². The fourth-order valence-corrected chi connectivity index (χ4v) is 3.99. The molecule has 0 atom stereocenters. The molecule has 39 heavy (non-hydrogen) atoms. The molecule has 0 aliphatic rings. The van der Waals surface area contributed by atoms with Gasteiger partial charge in [-0.3, -0.25) is 18.9 Å². The van der Waals surface area contributed by atoms with Gasteiger partial charge in [-0.2, -0.15) is 16.8 Å². The number of carbonyl (C=O) groups is 2. The van der Waals surface area contributed by atoms with Gasteiger partial charge in [-0.05, 0) is 24.3 Å². The Bertz CT molecular complexity index is 1080. The molecule has 0 spiro atoms. The van der Waals surface area contributed by atoms with E-state index in [-0.39, 0.29) is 65.2 Å². The van der Waals surface area contributed by atoms with Crippen molar-refractivity contribution in [2.24, 2.45) is 11.8 Å². The molecule has 2 heterocycles. The number of anilines is 2. The minimum absolute atomic E-state index is 0. The third-order valence-corrected chi connectivity index (χ3v) is 6.99. The number of rotatable bonds is 8. The van der Waals surface area contributed by atoms with E-state index in [2.05, 4.69) is 9.97 Å². The summed E-state index contributed by atoms with van der Waals surface area (Å²) in [7, 11) is -5.04. The van der Waals surface area contributed by atoms with E-state index in [0.29, 0.717) is 5.69 Å². The Balaban J connectivity index is -0.000000175. The molecule has 2 rings (SSSR count). The molecule has 0 aliphatic heterocycles. The maximum atomic E-state index is 11.8. The minimum Gasteiger partial charge on any atom is -0.358 e. The van der Waals surface area contributed by atoms with Gasteiger partial charge in [0.15, 0.2) is 0 Å². The average Bonchev–Trinajstić information content (AvgIpc) is 2.78. The van der Waals surface area contributed by atoms with Crippen LogP contribution in [0.4, 0.5) is 11.5 Å². The Morgan fingerprint density at radius 1 is 0.744 bits per heavy atom. The van der Waals surface area contributed by atoms with Crippen molar-refractivity contribution < 1.29 is 63.5 Å². The third-order valence-electron chi connectivity index (χ3n) is 4.23. The van der Waals surface area contributed by atoms with Gasteiger partial charge in [-0.15, -0.1) is 0 Å². The van der Waals surface area contributed by atoms with Crippen LogP contribution in [0.15, 0.2) is 48.9 Å². The van der Waals surface area contributed by atoms with Crippen molar-refractivity contribution in [2.75, 3.05) is 22.7 Å². The molecule has 0 aliphatic carbocycles. The Morgan fingerprint density at radius 3 is 1.51 bits per heavy atom. The number of nitrogens with one attached hydrogen (secondary N) is 2. The monoisotopic (exact) mass is 662 g/mol. The van der Waals surface area contributed by atoms with Gasteiger partial charge in [0.05, 0.1) is 5.69 Å². The SMILES string of the molecule is C.CC(C)C(=O)NS(=O)(=O)N(C)c1ccccn1.CC(C)C(=O)NS(=O)(=O)N(C)c1ccncc1.[CH3-].[CH3-].[V].[V]. The van der Waals surface area contributed by atoms with Crippen LogP contribution in [0.5, 0.6) is 0 Å². The molecule has 0 saturated heterocycles. The summed E-state index contributed by atoms with van der Waals surface area (Å²) in [6.07, 6.45) is 4.43. The van der Waals surface area contributed by atoms with E-state index in [9.17, 15) is 26.4 Å². The van der Waals surface area contributed by atoms with E-state index in [1.165, 1.54) is 32.7 Å². The summed E-state index contributed by atoms with van der Waals surface area (Å²) in [4.78, 5) is 30.4. The molecular formula is C23H40N6O6S2V2-2. The molecule has 0 bridgehead atoms. The molecule has 0 saturated carbocycles. The number of carbonyl (C=O) groups excluding carboxylic acids is 2. The molecule has 2 radical (unpaired) electrons. The molecule has 2 aromatic rings. The fraction of sp³-hybridized carbons (Fsp3) is 0.391. The molecule has 2 amide bonds. The van der Waals surface area contributed by atoms with Crippen molar-refractivity contribution in [1.29, 1.82) is 0 Å². The second kappa shape index (κ2) is 20.8. The molecule has 12 nitrogen and oxygen atoms in total. The first-order valence-electron chi connectivity index (χ1n) is 10.1. The molecular weight excluding hydrogens is 622 g/mol. The number of pyridine rings is 2. The van der Waals surface area contributed by atoms with Crippen LogP contribution in [0.2, 0.25) is 0 Å². The molecule has 222 valence electrons. The summed E-state index contributed by atoms with van der Waals surface area (Å²) in [5.74, 6) is -1.63. The number of amides is 2. The number of hydrogen-bond donors (Lipinski definition) is 2. The molecule has 0 fully saturated rings. The maximum Gasteiger partial charge on any atom is 0.327 e. The quantitative estimate of drug-likeness (QED) is 0.409. The van der Waals surface area contributed by atoms with Crippen molar-refractivity contribution in [1.82, 2.24) is 19.4 Å². The van der Waals surface area contributed by atoms with Crippen LogP contribution >= 0.6 is 0 Å². The van der Waals surface area contributed by atoms with E-state index in [0.717, 1.165) is 8.61 Å². The van der Waals surface area contributed by atoms with Crippen LogP contribution in [0, 0.1) is 26.7 Å². The zero-order chi connectivity index (χ0) is 26.1. The summed E-state index contributed by atoms with van der Waals surface area (Å²) >= 11 is 0. The van der Waals surface area contributed by atoms with E-state index in [1.807, 2.05) is 9.44 Å². The molecule has 16 heteroatoms. The largest absolute Gasteiger partial charge is 0.358 e. The van der Waals surface area contributed by atoms with Crippen LogP contribution in [-0.4, -0.2) is 52.7 Å². The van der Waals surface area contributed by atoms with Crippen molar-refractivity contribution in [2.45, 2.75) is 35.1 Å². The average molecular weight is 663 g/mol. The zero-order valence-corrected chi connectivity index (χ0v) is 27.1. The second-order valence-corrected chi connectivity index (χ2v) is 11.0. The van der Waals surface area contributed by atoms with E-state index >= 15 is 0 Å². The molecule has 0 aromatic carbocycles. The summed E-state index contributed by atoms with van der Waals surface area (Å²) in [5, 5.41) is 0. The minimum atomic E-state index is -3.89. The molecule has 0 unspecified atom stereocenters. The second-order valence-electron chi connectivity index (χ2n) is 7.58. The third kappa shape index (κ3) is 15.3. The predicted molar refractivity (Wildman–Crippen MR) is 149 cm³/mol. The van der Waals surface area contributed by atoms with Gasteiger partial charge in [-0.25, -0.2) is 18.7 Å². The Hall–Kier alpha value is -2.09. The van der Waals surface area contributed by atoms with Gasteiger partial charge in [0.2, 0.25) is 11.8 Å². The first-order valence-corrected chi connectivity index (χ1v) is 13.0. The van der Waals surface area contributed by atoms with Crippen molar-refractivity contribution in [3.8, 4) is 0 Å². The Morgan fingerprint density at radius 2 is 1.15 bits per heavy atom. The van der Waals surface area contributed by atoms with Gasteiger partial charge in [0.1, 0.15) is 5.82 Å². The van der Waals surface area contributed by atoms with Gasteiger partial charge >= 0.3 is 20.4 Å². The van der Waals surface area contributed by atoms with Crippen molar-refractivity contribution >= 4 is 43.7 Å². The maximum absolute atomic E-state index is 11.8. The van der Waals surface area contributed by atoms with E-state index in [4.69, 9.17) is 0 Å². The van der Waals surface area contributed by atoms with Gasteiger partial charge < -0.3 is 14.9 Å². The first kappa shape index (κ1) is 46.7. The molecule has 2 aromatic heterocycles. The Labute approximate surface area is 258 Å². The zero-order valence-electron chi connectivity index (χ0n) is 22.7. The van der Waals surface area contributed by atoms with Gasteiger partial charge in [0.25, 0.3) is 0 Å².